The van der Waals surface area contributed by atoms with E-state index < -0.39 is 0 Å². The third kappa shape index (κ3) is 3.54. The van der Waals surface area contributed by atoms with Crippen LogP contribution in [0.1, 0.15) is 35.9 Å². The first kappa shape index (κ1) is 13.1. The predicted octanol–water partition coefficient (Wildman–Crippen LogP) is 3.71. The van der Waals surface area contributed by atoms with Crippen LogP contribution in [-0.2, 0) is 0 Å². The van der Waals surface area contributed by atoms with Crippen molar-refractivity contribution in [3.05, 3.63) is 21.3 Å². The number of hydrogen-bond donors (Lipinski definition) is 0. The Morgan fingerprint density at radius 2 is 2.12 bits per heavy atom. The lowest BCUT2D eigenvalue weighted by Gasteiger charge is -2.28. The van der Waals surface area contributed by atoms with Crippen molar-refractivity contribution < 1.29 is 4.79 Å². The Morgan fingerprint density at radius 1 is 1.41 bits per heavy atom. The van der Waals surface area contributed by atoms with Gasteiger partial charge >= 0.3 is 0 Å². The van der Waals surface area contributed by atoms with Crippen molar-refractivity contribution in [1.82, 2.24) is 4.90 Å². The molecule has 1 fully saturated rings. The summed E-state index contributed by atoms with van der Waals surface area (Å²) in [4.78, 5) is 15.4. The number of thiophene rings is 1. The molecule has 0 amide bonds. The summed E-state index contributed by atoms with van der Waals surface area (Å²) in [5, 5.41) is 0. The minimum Gasteiger partial charge on any atom is -0.303 e. The van der Waals surface area contributed by atoms with Crippen LogP contribution in [0.4, 0.5) is 0 Å². The molecule has 2 heterocycles. The molecule has 1 atom stereocenters. The standard InChI is InChI=1S/C13H18ClNOS/c1-10(9-15-7-3-2-4-8-15)13(16)11-5-6-12(14)17-11/h5-6,10H,2-4,7-9H2,1H3. The van der Waals surface area contributed by atoms with Gasteiger partial charge < -0.3 is 4.90 Å². The van der Waals surface area contributed by atoms with E-state index in [1.807, 2.05) is 13.0 Å². The lowest BCUT2D eigenvalue weighted by molar-refractivity contribution is 0.0888. The molecule has 0 spiro atoms. The fraction of sp³-hybridized carbons (Fsp3) is 0.615. The second-order valence-corrected chi connectivity index (χ2v) is 6.45. The lowest BCUT2D eigenvalue weighted by Crippen LogP contribution is -2.35. The predicted molar refractivity (Wildman–Crippen MR) is 73.1 cm³/mol. The minimum absolute atomic E-state index is 0.0721. The summed E-state index contributed by atoms with van der Waals surface area (Å²) in [7, 11) is 0. The lowest BCUT2D eigenvalue weighted by atomic mass is 10.0. The van der Waals surface area contributed by atoms with E-state index >= 15 is 0 Å². The first-order valence-corrected chi connectivity index (χ1v) is 7.38. The van der Waals surface area contributed by atoms with Gasteiger partial charge in [-0.1, -0.05) is 24.9 Å². The zero-order valence-corrected chi connectivity index (χ0v) is 11.7. The van der Waals surface area contributed by atoms with Gasteiger partial charge in [0.05, 0.1) is 9.21 Å². The van der Waals surface area contributed by atoms with E-state index in [2.05, 4.69) is 4.90 Å². The molecule has 0 saturated carbocycles. The van der Waals surface area contributed by atoms with E-state index in [0.29, 0.717) is 4.34 Å². The smallest absolute Gasteiger partial charge is 0.176 e. The molecule has 94 valence electrons. The number of nitrogens with zero attached hydrogens (tertiary/aromatic N) is 1. The fourth-order valence-electron chi connectivity index (χ4n) is 2.30. The van der Waals surface area contributed by atoms with Crippen molar-refractivity contribution in [2.75, 3.05) is 19.6 Å². The van der Waals surface area contributed by atoms with Crippen molar-refractivity contribution in [2.24, 2.45) is 5.92 Å². The Labute approximate surface area is 112 Å². The van der Waals surface area contributed by atoms with E-state index in [9.17, 15) is 4.79 Å². The maximum Gasteiger partial charge on any atom is 0.176 e. The SMILES string of the molecule is CC(CN1CCCCC1)C(=O)c1ccc(Cl)s1. The molecule has 1 aromatic heterocycles. The summed E-state index contributed by atoms with van der Waals surface area (Å²) in [6.45, 7) is 5.19. The molecule has 17 heavy (non-hydrogen) atoms. The van der Waals surface area contributed by atoms with E-state index in [1.54, 1.807) is 6.07 Å². The van der Waals surface area contributed by atoms with Crippen molar-refractivity contribution in [1.29, 1.82) is 0 Å². The van der Waals surface area contributed by atoms with Crippen molar-refractivity contribution >= 4 is 28.7 Å². The van der Waals surface area contributed by atoms with Gasteiger partial charge in [0.2, 0.25) is 0 Å². The van der Waals surface area contributed by atoms with Gasteiger partial charge in [-0.05, 0) is 38.1 Å². The van der Waals surface area contributed by atoms with Crippen LogP contribution in [0.2, 0.25) is 4.34 Å². The summed E-state index contributed by atoms with van der Waals surface area (Å²) >= 11 is 7.24. The number of carbonyl (C=O) groups is 1. The van der Waals surface area contributed by atoms with Crippen molar-refractivity contribution in [3.8, 4) is 0 Å². The zero-order chi connectivity index (χ0) is 12.3. The number of halogens is 1. The van der Waals surface area contributed by atoms with Crippen molar-refractivity contribution in [2.45, 2.75) is 26.2 Å². The van der Waals surface area contributed by atoms with Gasteiger partial charge in [0.25, 0.3) is 0 Å². The Hall–Kier alpha value is -0.380. The highest BCUT2D eigenvalue weighted by molar-refractivity contribution is 7.18. The monoisotopic (exact) mass is 271 g/mol. The highest BCUT2D eigenvalue weighted by atomic mass is 35.5. The van der Waals surface area contributed by atoms with Crippen LogP contribution in [0.15, 0.2) is 12.1 Å². The van der Waals surface area contributed by atoms with Gasteiger partial charge in [0.15, 0.2) is 5.78 Å². The molecule has 1 saturated heterocycles. The summed E-state index contributed by atoms with van der Waals surface area (Å²) in [6.07, 6.45) is 3.87. The van der Waals surface area contributed by atoms with Gasteiger partial charge in [0.1, 0.15) is 0 Å². The van der Waals surface area contributed by atoms with Gasteiger partial charge in [-0.15, -0.1) is 11.3 Å². The van der Waals surface area contributed by atoms with E-state index in [1.165, 1.54) is 30.6 Å². The van der Waals surface area contributed by atoms with Crippen LogP contribution in [0.3, 0.4) is 0 Å². The quantitative estimate of drug-likeness (QED) is 0.778. The van der Waals surface area contributed by atoms with Gasteiger partial charge in [-0.3, -0.25) is 4.79 Å². The van der Waals surface area contributed by atoms with E-state index in [0.717, 1.165) is 24.5 Å². The van der Waals surface area contributed by atoms with Gasteiger partial charge in [0, 0.05) is 12.5 Å². The Balaban J connectivity index is 1.90. The molecular weight excluding hydrogens is 254 g/mol. The van der Waals surface area contributed by atoms with E-state index in [4.69, 9.17) is 11.6 Å². The Bertz CT molecular complexity index is 385. The normalized spacial score (nSPS) is 19.2. The molecule has 0 radical (unpaired) electrons. The van der Waals surface area contributed by atoms with Gasteiger partial charge in [-0.25, -0.2) is 0 Å². The first-order valence-electron chi connectivity index (χ1n) is 6.18. The maximum absolute atomic E-state index is 12.2. The molecule has 1 aromatic rings. The molecule has 1 aliphatic rings. The molecule has 1 unspecified atom stereocenters. The van der Waals surface area contributed by atoms with E-state index in [-0.39, 0.29) is 11.7 Å². The molecule has 2 nitrogen and oxygen atoms in total. The molecule has 0 N–H and O–H groups in total. The summed E-state index contributed by atoms with van der Waals surface area (Å²) in [5.41, 5.74) is 0. The number of carbonyl (C=O) groups excluding carboxylic acids is 1. The second kappa shape index (κ2) is 5.98. The minimum atomic E-state index is 0.0721. The topological polar surface area (TPSA) is 20.3 Å². The first-order chi connectivity index (χ1) is 8.16. The number of Topliss-reactive ketones (excluding diaryl/α,β-unsaturated/α-hetero) is 1. The number of ketones is 1. The van der Waals surface area contributed by atoms with Crippen LogP contribution < -0.4 is 0 Å². The Morgan fingerprint density at radius 3 is 2.71 bits per heavy atom. The molecule has 0 aliphatic carbocycles. The van der Waals surface area contributed by atoms with Crippen LogP contribution in [-0.4, -0.2) is 30.3 Å². The molecule has 2 rings (SSSR count). The van der Waals surface area contributed by atoms with Crippen LogP contribution in [0, 0.1) is 5.92 Å². The third-order valence-electron chi connectivity index (χ3n) is 3.24. The maximum atomic E-state index is 12.2. The average Bonchev–Trinajstić information content (AvgIpc) is 2.76. The second-order valence-electron chi connectivity index (χ2n) is 4.73. The Kier molecular flexibility index (Phi) is 4.60. The molecule has 4 heteroatoms. The fourth-order valence-corrected chi connectivity index (χ4v) is 3.40. The number of rotatable bonds is 4. The molecule has 0 bridgehead atoms. The molecule has 1 aliphatic heterocycles. The summed E-state index contributed by atoms with van der Waals surface area (Å²) in [5.74, 6) is 0.301. The molecule has 0 aromatic carbocycles. The molecular formula is C13H18ClNOS. The van der Waals surface area contributed by atoms with Crippen LogP contribution in [0.25, 0.3) is 0 Å². The zero-order valence-electron chi connectivity index (χ0n) is 10.1. The third-order valence-corrected chi connectivity index (χ3v) is 4.49. The number of hydrogen-bond acceptors (Lipinski definition) is 3. The number of likely N-dealkylation sites (tertiary alicyclic amines) is 1. The summed E-state index contributed by atoms with van der Waals surface area (Å²) < 4.78 is 0.693. The largest absolute Gasteiger partial charge is 0.303 e. The highest BCUT2D eigenvalue weighted by Gasteiger charge is 2.20. The number of piperidine rings is 1. The highest BCUT2D eigenvalue weighted by Crippen LogP contribution is 2.24. The summed E-state index contributed by atoms with van der Waals surface area (Å²) in [6, 6.07) is 3.63. The van der Waals surface area contributed by atoms with Crippen LogP contribution in [0.5, 0.6) is 0 Å². The van der Waals surface area contributed by atoms with Crippen molar-refractivity contribution in [3.63, 3.8) is 0 Å². The average molecular weight is 272 g/mol. The van der Waals surface area contributed by atoms with Crippen LogP contribution >= 0.6 is 22.9 Å². The van der Waals surface area contributed by atoms with Gasteiger partial charge in [-0.2, -0.15) is 0 Å².